The van der Waals surface area contributed by atoms with Crippen molar-refractivity contribution in [2.75, 3.05) is 24.3 Å². The normalized spacial score (nSPS) is 25.1. The maximum Gasteiger partial charge on any atom is 0.232 e. The van der Waals surface area contributed by atoms with Crippen LogP contribution in [0, 0.1) is 0 Å². The molecule has 2 atom stereocenters. The Hall–Kier alpha value is -0.200. The highest BCUT2D eigenvalue weighted by molar-refractivity contribution is 7.99. The summed E-state index contributed by atoms with van der Waals surface area (Å²) in [5, 5.41) is 7.33. The predicted molar refractivity (Wildman–Crippen MR) is 69.0 cm³/mol. The van der Waals surface area contributed by atoms with Crippen LogP contribution in [-0.4, -0.2) is 40.5 Å². The molecule has 0 saturated carbocycles. The average Bonchev–Trinajstić information content (AvgIpc) is 2.94. The third-order valence-electron chi connectivity index (χ3n) is 2.69. The quantitative estimate of drug-likeness (QED) is 0.869. The summed E-state index contributed by atoms with van der Waals surface area (Å²) in [5.74, 6) is 6.15. The van der Waals surface area contributed by atoms with Crippen molar-refractivity contribution in [3.63, 3.8) is 0 Å². The summed E-state index contributed by atoms with van der Waals surface area (Å²) in [6.07, 6.45) is 0. The van der Waals surface area contributed by atoms with Crippen molar-refractivity contribution in [1.29, 1.82) is 0 Å². The largest absolute Gasteiger partial charge is 0.339 e. The lowest BCUT2D eigenvalue weighted by Gasteiger charge is -2.13. The first kappa shape index (κ1) is 12.3. The minimum atomic E-state index is 0.378. The first-order valence-electron chi connectivity index (χ1n) is 5.50. The number of hydrogen-bond donors (Lipinski definition) is 1. The molecule has 90 valence electrons. The van der Waals surface area contributed by atoms with Gasteiger partial charge in [-0.05, 0) is 12.8 Å². The van der Waals surface area contributed by atoms with E-state index in [0.717, 1.165) is 34.7 Å². The predicted octanol–water partition coefficient (Wildman–Crippen LogP) is 1.74. The molecular weight excluding hydrogens is 242 g/mol. The van der Waals surface area contributed by atoms with E-state index < -0.39 is 0 Å². The standard InChI is InChI=1S/C10H17N3OS2/c1-3-15-6-9-12-10(14-13-9)7-4-16-5-8(7)11-2/h7-8,11H,3-6H2,1-2H3. The number of aromatic nitrogens is 2. The molecule has 0 spiro atoms. The monoisotopic (exact) mass is 259 g/mol. The molecule has 1 aromatic rings. The van der Waals surface area contributed by atoms with Gasteiger partial charge in [-0.25, -0.2) is 0 Å². The third kappa shape index (κ3) is 2.73. The third-order valence-corrected chi connectivity index (χ3v) is 4.75. The Morgan fingerprint density at radius 1 is 1.56 bits per heavy atom. The lowest BCUT2D eigenvalue weighted by Crippen LogP contribution is -2.31. The second kappa shape index (κ2) is 5.93. The molecule has 2 heterocycles. The highest BCUT2D eigenvalue weighted by Crippen LogP contribution is 2.31. The minimum Gasteiger partial charge on any atom is -0.339 e. The number of thioether (sulfide) groups is 2. The molecule has 1 aromatic heterocycles. The van der Waals surface area contributed by atoms with Crippen molar-refractivity contribution in [2.45, 2.75) is 24.6 Å². The van der Waals surface area contributed by atoms with Gasteiger partial charge >= 0.3 is 0 Å². The second-order valence-corrected chi connectivity index (χ2v) is 6.07. The molecule has 1 aliphatic rings. The first-order chi connectivity index (χ1) is 7.85. The average molecular weight is 259 g/mol. The molecule has 1 N–H and O–H groups in total. The van der Waals surface area contributed by atoms with Crippen LogP contribution >= 0.6 is 23.5 Å². The number of rotatable bonds is 5. The second-order valence-electron chi connectivity index (χ2n) is 3.73. The number of hydrogen-bond acceptors (Lipinski definition) is 6. The van der Waals surface area contributed by atoms with Gasteiger partial charge in [0.2, 0.25) is 5.89 Å². The van der Waals surface area contributed by atoms with E-state index in [4.69, 9.17) is 4.52 Å². The summed E-state index contributed by atoms with van der Waals surface area (Å²) in [6.45, 7) is 2.14. The Morgan fingerprint density at radius 2 is 2.44 bits per heavy atom. The van der Waals surface area contributed by atoms with Gasteiger partial charge in [0.05, 0.1) is 11.7 Å². The van der Waals surface area contributed by atoms with Crippen LogP contribution in [0.1, 0.15) is 24.6 Å². The zero-order valence-corrected chi connectivity index (χ0v) is 11.2. The smallest absolute Gasteiger partial charge is 0.232 e. The molecule has 1 fully saturated rings. The van der Waals surface area contributed by atoms with Crippen LogP contribution in [0.5, 0.6) is 0 Å². The van der Waals surface area contributed by atoms with E-state index in [2.05, 4.69) is 22.4 Å². The van der Waals surface area contributed by atoms with Gasteiger partial charge < -0.3 is 9.84 Å². The molecule has 0 radical (unpaired) electrons. The van der Waals surface area contributed by atoms with Gasteiger partial charge in [0.15, 0.2) is 5.82 Å². The SMILES string of the molecule is CCSCc1noc(C2CSCC2NC)n1. The van der Waals surface area contributed by atoms with E-state index in [1.54, 1.807) is 0 Å². The highest BCUT2D eigenvalue weighted by Gasteiger charge is 2.32. The van der Waals surface area contributed by atoms with Crippen LogP contribution in [0.25, 0.3) is 0 Å². The van der Waals surface area contributed by atoms with Crippen LogP contribution in [0.3, 0.4) is 0 Å². The van der Waals surface area contributed by atoms with Crippen LogP contribution in [0.4, 0.5) is 0 Å². The van der Waals surface area contributed by atoms with Crippen molar-refractivity contribution in [1.82, 2.24) is 15.5 Å². The molecule has 4 nitrogen and oxygen atoms in total. The maximum atomic E-state index is 5.35. The lowest BCUT2D eigenvalue weighted by molar-refractivity contribution is 0.341. The van der Waals surface area contributed by atoms with Crippen molar-refractivity contribution in [3.8, 4) is 0 Å². The topological polar surface area (TPSA) is 51.0 Å². The molecule has 16 heavy (non-hydrogen) atoms. The van der Waals surface area contributed by atoms with Crippen LogP contribution in [0.15, 0.2) is 4.52 Å². The summed E-state index contributed by atoms with van der Waals surface area (Å²) in [5.41, 5.74) is 0. The molecule has 2 rings (SSSR count). The summed E-state index contributed by atoms with van der Waals surface area (Å²) >= 11 is 3.76. The van der Waals surface area contributed by atoms with Gasteiger partial charge in [-0.1, -0.05) is 12.1 Å². The molecule has 6 heteroatoms. The molecule has 1 saturated heterocycles. The fraction of sp³-hybridized carbons (Fsp3) is 0.800. The Kier molecular flexibility index (Phi) is 4.55. The van der Waals surface area contributed by atoms with Crippen LogP contribution in [-0.2, 0) is 5.75 Å². The van der Waals surface area contributed by atoms with E-state index in [1.165, 1.54) is 0 Å². The summed E-state index contributed by atoms with van der Waals surface area (Å²) in [7, 11) is 1.99. The van der Waals surface area contributed by atoms with Crippen molar-refractivity contribution in [3.05, 3.63) is 11.7 Å². The molecular formula is C10H17N3OS2. The van der Waals surface area contributed by atoms with Crippen LogP contribution < -0.4 is 5.32 Å². The van der Waals surface area contributed by atoms with Crippen molar-refractivity contribution in [2.24, 2.45) is 0 Å². The zero-order chi connectivity index (χ0) is 11.4. The van der Waals surface area contributed by atoms with Crippen molar-refractivity contribution >= 4 is 23.5 Å². The van der Waals surface area contributed by atoms with Gasteiger partial charge in [-0.15, -0.1) is 0 Å². The summed E-state index contributed by atoms with van der Waals surface area (Å²) < 4.78 is 5.35. The van der Waals surface area contributed by atoms with E-state index in [1.807, 2.05) is 30.6 Å². The zero-order valence-electron chi connectivity index (χ0n) is 9.60. The highest BCUT2D eigenvalue weighted by atomic mass is 32.2. The van der Waals surface area contributed by atoms with Crippen LogP contribution in [0.2, 0.25) is 0 Å². The van der Waals surface area contributed by atoms with E-state index >= 15 is 0 Å². The fourth-order valence-corrected chi connectivity index (χ4v) is 3.67. The number of nitrogens with one attached hydrogen (secondary N) is 1. The van der Waals surface area contributed by atoms with Gasteiger partial charge in [0.25, 0.3) is 0 Å². The minimum absolute atomic E-state index is 0.378. The van der Waals surface area contributed by atoms with E-state index in [9.17, 15) is 0 Å². The van der Waals surface area contributed by atoms with Gasteiger partial charge in [-0.2, -0.15) is 28.5 Å². The molecule has 0 bridgehead atoms. The van der Waals surface area contributed by atoms with Gasteiger partial charge in [-0.3, -0.25) is 0 Å². The Labute approximate surface area is 104 Å². The summed E-state index contributed by atoms with van der Waals surface area (Å²) in [4.78, 5) is 4.48. The van der Waals surface area contributed by atoms with E-state index in [-0.39, 0.29) is 0 Å². The van der Waals surface area contributed by atoms with E-state index in [0.29, 0.717) is 12.0 Å². The van der Waals surface area contributed by atoms with Gasteiger partial charge in [0, 0.05) is 17.5 Å². The number of nitrogens with zero attached hydrogens (tertiary/aromatic N) is 2. The van der Waals surface area contributed by atoms with Crippen molar-refractivity contribution < 1.29 is 4.52 Å². The number of likely N-dealkylation sites (N-methyl/N-ethyl adjacent to an activating group) is 1. The Bertz CT molecular complexity index is 332. The Morgan fingerprint density at radius 3 is 3.19 bits per heavy atom. The van der Waals surface area contributed by atoms with Gasteiger partial charge in [0.1, 0.15) is 0 Å². The summed E-state index contributed by atoms with van der Waals surface area (Å²) in [6, 6.07) is 0.470. The maximum absolute atomic E-state index is 5.35. The first-order valence-corrected chi connectivity index (χ1v) is 7.81. The fourth-order valence-electron chi connectivity index (χ4n) is 1.75. The molecule has 0 aliphatic carbocycles. The molecule has 0 amide bonds. The molecule has 1 aliphatic heterocycles. The Balaban J connectivity index is 2.00. The molecule has 2 unspecified atom stereocenters. The molecule has 0 aromatic carbocycles. The lowest BCUT2D eigenvalue weighted by atomic mass is 10.0.